The first-order chi connectivity index (χ1) is 10.0. The number of amides is 1. The summed E-state index contributed by atoms with van der Waals surface area (Å²) in [6.45, 7) is 0.363. The molecule has 0 heterocycles. The van der Waals surface area contributed by atoms with Crippen molar-refractivity contribution in [2.75, 3.05) is 5.32 Å². The van der Waals surface area contributed by atoms with Gasteiger partial charge in [0.15, 0.2) is 5.96 Å². The Bertz CT molecular complexity index is 646. The van der Waals surface area contributed by atoms with Crippen molar-refractivity contribution in [3.63, 3.8) is 0 Å². The summed E-state index contributed by atoms with van der Waals surface area (Å²) < 4.78 is 12.8. The van der Waals surface area contributed by atoms with E-state index >= 15 is 0 Å². The van der Waals surface area contributed by atoms with E-state index in [1.165, 1.54) is 24.3 Å². The minimum absolute atomic E-state index is 0.0214. The number of anilines is 1. The predicted octanol–water partition coefficient (Wildman–Crippen LogP) is 1.85. The summed E-state index contributed by atoms with van der Waals surface area (Å²) in [5, 5.41) is 2.68. The molecule has 1 amide bonds. The van der Waals surface area contributed by atoms with Gasteiger partial charge in [0.1, 0.15) is 5.82 Å². The van der Waals surface area contributed by atoms with Gasteiger partial charge in [-0.1, -0.05) is 12.1 Å². The van der Waals surface area contributed by atoms with Gasteiger partial charge in [0.05, 0.1) is 6.54 Å². The van der Waals surface area contributed by atoms with Crippen molar-refractivity contribution in [2.24, 2.45) is 16.5 Å². The van der Waals surface area contributed by atoms with E-state index in [9.17, 15) is 9.18 Å². The summed E-state index contributed by atoms with van der Waals surface area (Å²) >= 11 is 0. The lowest BCUT2D eigenvalue weighted by Crippen LogP contribution is -2.22. The number of nitrogens with two attached hydrogens (primary N) is 2. The van der Waals surface area contributed by atoms with Crippen LogP contribution in [0.2, 0.25) is 0 Å². The van der Waals surface area contributed by atoms with Crippen LogP contribution in [-0.4, -0.2) is 11.9 Å². The molecule has 0 spiro atoms. The summed E-state index contributed by atoms with van der Waals surface area (Å²) in [5.41, 5.74) is 12.4. The zero-order valence-corrected chi connectivity index (χ0v) is 11.2. The van der Waals surface area contributed by atoms with Gasteiger partial charge >= 0.3 is 0 Å². The van der Waals surface area contributed by atoms with Crippen molar-refractivity contribution in [2.45, 2.75) is 6.54 Å². The van der Waals surface area contributed by atoms with Crippen molar-refractivity contribution in [3.05, 3.63) is 65.5 Å². The molecule has 0 saturated carbocycles. The van der Waals surface area contributed by atoms with Crippen LogP contribution in [0.25, 0.3) is 0 Å². The largest absolute Gasteiger partial charge is 0.370 e. The van der Waals surface area contributed by atoms with Gasteiger partial charge in [0.25, 0.3) is 5.91 Å². The van der Waals surface area contributed by atoms with Crippen molar-refractivity contribution in [1.82, 2.24) is 0 Å². The Morgan fingerprint density at radius 1 is 1.05 bits per heavy atom. The Hall–Kier alpha value is -2.89. The highest BCUT2D eigenvalue weighted by molar-refractivity contribution is 6.04. The van der Waals surface area contributed by atoms with Crippen molar-refractivity contribution in [3.8, 4) is 0 Å². The third-order valence-corrected chi connectivity index (χ3v) is 2.76. The number of benzene rings is 2. The molecule has 2 aromatic rings. The lowest BCUT2D eigenvalue weighted by Gasteiger charge is -2.06. The number of nitrogens with one attached hydrogen (secondary N) is 1. The van der Waals surface area contributed by atoms with Crippen LogP contribution in [0.15, 0.2) is 53.5 Å². The second-order valence-corrected chi connectivity index (χ2v) is 4.40. The molecule has 0 bridgehead atoms. The molecule has 108 valence electrons. The summed E-state index contributed by atoms with van der Waals surface area (Å²) in [7, 11) is 0. The zero-order valence-electron chi connectivity index (χ0n) is 11.2. The van der Waals surface area contributed by atoms with Gasteiger partial charge in [0.2, 0.25) is 0 Å². The van der Waals surface area contributed by atoms with Crippen molar-refractivity contribution in [1.29, 1.82) is 0 Å². The maximum absolute atomic E-state index is 12.8. The number of carbonyl (C=O) groups is 1. The Labute approximate surface area is 121 Å². The first-order valence-electron chi connectivity index (χ1n) is 6.26. The fraction of sp³-hybridized carbons (Fsp3) is 0.0667. The number of guanidine groups is 1. The first kappa shape index (κ1) is 14.5. The van der Waals surface area contributed by atoms with E-state index in [4.69, 9.17) is 11.5 Å². The third-order valence-electron chi connectivity index (χ3n) is 2.76. The molecule has 2 rings (SSSR count). The molecule has 0 aromatic heterocycles. The van der Waals surface area contributed by atoms with Crippen molar-refractivity contribution < 1.29 is 9.18 Å². The minimum atomic E-state index is -0.350. The normalized spacial score (nSPS) is 9.95. The summed E-state index contributed by atoms with van der Waals surface area (Å²) in [6.07, 6.45) is 0. The summed E-state index contributed by atoms with van der Waals surface area (Å²) in [6, 6.07) is 12.5. The van der Waals surface area contributed by atoms with Crippen LogP contribution in [0.4, 0.5) is 10.1 Å². The van der Waals surface area contributed by atoms with E-state index in [1.807, 2.05) is 0 Å². The van der Waals surface area contributed by atoms with Crippen LogP contribution in [0.3, 0.4) is 0 Å². The number of aliphatic imine (C=N–C) groups is 1. The van der Waals surface area contributed by atoms with Gasteiger partial charge in [-0.15, -0.1) is 0 Å². The van der Waals surface area contributed by atoms with Crippen LogP contribution in [0.5, 0.6) is 0 Å². The highest BCUT2D eigenvalue weighted by atomic mass is 19.1. The lowest BCUT2D eigenvalue weighted by molar-refractivity contribution is 0.102. The van der Waals surface area contributed by atoms with Gasteiger partial charge in [0, 0.05) is 11.3 Å². The van der Waals surface area contributed by atoms with Gasteiger partial charge in [-0.25, -0.2) is 9.38 Å². The molecule has 5 N–H and O–H groups in total. The van der Waals surface area contributed by atoms with E-state index in [0.29, 0.717) is 17.8 Å². The van der Waals surface area contributed by atoms with Crippen LogP contribution >= 0.6 is 0 Å². The monoisotopic (exact) mass is 286 g/mol. The third kappa shape index (κ3) is 4.31. The molecule has 0 aliphatic rings. The molecular weight excluding hydrogens is 271 g/mol. The number of rotatable bonds is 4. The Kier molecular flexibility index (Phi) is 4.50. The standard InChI is InChI=1S/C15H15FN4O/c16-12-5-7-13(8-6-12)20-14(21)11-3-1-10(2-4-11)9-19-15(17)18/h1-8H,9H2,(H,20,21)(H4,17,18,19). The van der Waals surface area contributed by atoms with E-state index in [-0.39, 0.29) is 17.7 Å². The van der Waals surface area contributed by atoms with Gasteiger partial charge in [-0.3, -0.25) is 4.79 Å². The molecule has 0 unspecified atom stereocenters. The number of halogens is 1. The molecule has 6 heteroatoms. The lowest BCUT2D eigenvalue weighted by atomic mass is 10.1. The average Bonchev–Trinajstić information content (AvgIpc) is 2.48. The van der Waals surface area contributed by atoms with Crippen LogP contribution in [-0.2, 0) is 6.54 Å². The summed E-state index contributed by atoms with van der Waals surface area (Å²) in [5.74, 6) is -0.597. The molecule has 21 heavy (non-hydrogen) atoms. The number of carbonyl (C=O) groups excluding carboxylic acids is 1. The van der Waals surface area contributed by atoms with Crippen LogP contribution < -0.4 is 16.8 Å². The molecule has 0 aliphatic carbocycles. The van der Waals surface area contributed by atoms with E-state index < -0.39 is 0 Å². The van der Waals surface area contributed by atoms with E-state index in [2.05, 4.69) is 10.3 Å². The SMILES string of the molecule is NC(N)=NCc1ccc(C(=O)Nc2ccc(F)cc2)cc1. The Morgan fingerprint density at radius 2 is 1.67 bits per heavy atom. The smallest absolute Gasteiger partial charge is 0.255 e. The highest BCUT2D eigenvalue weighted by Gasteiger charge is 2.06. The summed E-state index contributed by atoms with van der Waals surface area (Å²) in [4.78, 5) is 15.9. The average molecular weight is 286 g/mol. The van der Waals surface area contributed by atoms with Gasteiger partial charge in [-0.05, 0) is 42.0 Å². The topological polar surface area (TPSA) is 93.5 Å². The second kappa shape index (κ2) is 6.51. The predicted molar refractivity (Wildman–Crippen MR) is 80.3 cm³/mol. The molecule has 0 saturated heterocycles. The Morgan fingerprint density at radius 3 is 2.24 bits per heavy atom. The fourth-order valence-electron chi connectivity index (χ4n) is 1.68. The molecule has 0 atom stereocenters. The molecule has 0 radical (unpaired) electrons. The van der Waals surface area contributed by atoms with Crippen LogP contribution in [0.1, 0.15) is 15.9 Å². The van der Waals surface area contributed by atoms with E-state index in [1.54, 1.807) is 24.3 Å². The maximum Gasteiger partial charge on any atom is 0.255 e. The highest BCUT2D eigenvalue weighted by Crippen LogP contribution is 2.11. The Balaban J connectivity index is 2.02. The number of hydrogen-bond donors (Lipinski definition) is 3. The quantitative estimate of drug-likeness (QED) is 0.591. The number of nitrogens with zero attached hydrogens (tertiary/aromatic N) is 1. The zero-order chi connectivity index (χ0) is 15.2. The minimum Gasteiger partial charge on any atom is -0.370 e. The van der Waals surface area contributed by atoms with Crippen LogP contribution in [0, 0.1) is 5.82 Å². The molecule has 2 aromatic carbocycles. The molecule has 0 aliphatic heterocycles. The molecule has 5 nitrogen and oxygen atoms in total. The van der Waals surface area contributed by atoms with E-state index in [0.717, 1.165) is 5.56 Å². The number of hydrogen-bond acceptors (Lipinski definition) is 2. The van der Waals surface area contributed by atoms with Crippen molar-refractivity contribution >= 4 is 17.6 Å². The van der Waals surface area contributed by atoms with Gasteiger partial charge < -0.3 is 16.8 Å². The van der Waals surface area contributed by atoms with Gasteiger partial charge in [-0.2, -0.15) is 0 Å². The fourth-order valence-corrected chi connectivity index (χ4v) is 1.68. The first-order valence-corrected chi connectivity index (χ1v) is 6.26. The molecular formula is C15H15FN4O. The second-order valence-electron chi connectivity index (χ2n) is 4.40. The molecule has 0 fully saturated rings. The maximum atomic E-state index is 12.8.